The van der Waals surface area contributed by atoms with Crippen LogP contribution in [-0.2, 0) is 4.79 Å². The number of hydrogen-bond acceptors (Lipinski definition) is 4. The fourth-order valence-corrected chi connectivity index (χ4v) is 0.971. The van der Waals surface area contributed by atoms with Crippen molar-refractivity contribution < 1.29 is 15.1 Å². The van der Waals surface area contributed by atoms with Gasteiger partial charge in [-0.25, -0.2) is 0 Å². The van der Waals surface area contributed by atoms with E-state index in [-0.39, 0.29) is 6.42 Å². The molecule has 0 aromatic carbocycles. The standard InChI is InChI=1S/C8H16N2O3/c11-8(12)6-4-2-1-3-5-7-9-10-13/h7,10,13H,1-6H2,(H,11,12). The van der Waals surface area contributed by atoms with Gasteiger partial charge in [0, 0.05) is 12.6 Å². The third-order valence-corrected chi connectivity index (χ3v) is 1.62. The summed E-state index contributed by atoms with van der Waals surface area (Å²) < 4.78 is 0. The van der Waals surface area contributed by atoms with Crippen LogP contribution in [0.5, 0.6) is 0 Å². The minimum Gasteiger partial charge on any atom is -0.481 e. The SMILES string of the molecule is O=C(O)CCCCCCC=NNO. The van der Waals surface area contributed by atoms with Gasteiger partial charge in [-0.2, -0.15) is 10.7 Å². The van der Waals surface area contributed by atoms with Crippen LogP contribution in [0.15, 0.2) is 5.10 Å². The second-order valence-electron chi connectivity index (χ2n) is 2.76. The van der Waals surface area contributed by atoms with Crippen LogP contribution in [0, 0.1) is 0 Å². The molecule has 5 heteroatoms. The fourth-order valence-electron chi connectivity index (χ4n) is 0.971. The van der Waals surface area contributed by atoms with Crippen molar-refractivity contribution in [1.29, 1.82) is 0 Å². The summed E-state index contributed by atoms with van der Waals surface area (Å²) in [7, 11) is 0. The highest BCUT2D eigenvalue weighted by Crippen LogP contribution is 2.04. The van der Waals surface area contributed by atoms with Crippen molar-refractivity contribution >= 4 is 12.2 Å². The van der Waals surface area contributed by atoms with Crippen molar-refractivity contribution in [3.63, 3.8) is 0 Å². The van der Waals surface area contributed by atoms with E-state index >= 15 is 0 Å². The summed E-state index contributed by atoms with van der Waals surface area (Å²) >= 11 is 0. The number of unbranched alkanes of at least 4 members (excludes halogenated alkanes) is 4. The Kier molecular flexibility index (Phi) is 8.23. The molecule has 0 rings (SSSR count). The molecule has 0 radical (unpaired) electrons. The quantitative estimate of drug-likeness (QED) is 0.305. The van der Waals surface area contributed by atoms with E-state index < -0.39 is 5.97 Å². The van der Waals surface area contributed by atoms with Crippen LogP contribution in [-0.4, -0.2) is 22.5 Å². The van der Waals surface area contributed by atoms with Gasteiger partial charge in [-0.3, -0.25) is 10.0 Å². The fraction of sp³-hybridized carbons (Fsp3) is 0.750. The minimum atomic E-state index is -0.731. The monoisotopic (exact) mass is 188 g/mol. The van der Waals surface area contributed by atoms with Gasteiger partial charge >= 0.3 is 5.97 Å². The summed E-state index contributed by atoms with van der Waals surface area (Å²) in [5, 5.41) is 19.8. The lowest BCUT2D eigenvalue weighted by atomic mass is 10.1. The lowest BCUT2D eigenvalue weighted by molar-refractivity contribution is -0.137. The Morgan fingerprint density at radius 3 is 2.62 bits per heavy atom. The van der Waals surface area contributed by atoms with Gasteiger partial charge in [0.15, 0.2) is 0 Å². The highest BCUT2D eigenvalue weighted by molar-refractivity contribution is 5.66. The van der Waals surface area contributed by atoms with Gasteiger partial charge in [0.05, 0.1) is 0 Å². The number of carbonyl (C=O) groups is 1. The van der Waals surface area contributed by atoms with E-state index in [0.717, 1.165) is 32.1 Å². The van der Waals surface area contributed by atoms with Crippen molar-refractivity contribution in [2.45, 2.75) is 38.5 Å². The van der Waals surface area contributed by atoms with Gasteiger partial charge in [-0.15, -0.1) is 0 Å². The maximum absolute atomic E-state index is 10.1. The lowest BCUT2D eigenvalue weighted by Gasteiger charge is -1.96. The largest absolute Gasteiger partial charge is 0.481 e. The van der Waals surface area contributed by atoms with E-state index in [1.165, 1.54) is 0 Å². The van der Waals surface area contributed by atoms with Crippen LogP contribution in [0.2, 0.25) is 0 Å². The van der Waals surface area contributed by atoms with Gasteiger partial charge in [0.2, 0.25) is 0 Å². The van der Waals surface area contributed by atoms with Crippen LogP contribution in [0.1, 0.15) is 38.5 Å². The number of carboxylic acid groups (broad SMARTS) is 1. The highest BCUT2D eigenvalue weighted by Gasteiger charge is 1.95. The Labute approximate surface area is 77.4 Å². The minimum absolute atomic E-state index is 0.256. The molecule has 0 fully saturated rings. The summed E-state index contributed by atoms with van der Waals surface area (Å²) in [6.07, 6.45) is 6.32. The van der Waals surface area contributed by atoms with Crippen molar-refractivity contribution in [2.24, 2.45) is 5.10 Å². The van der Waals surface area contributed by atoms with Crippen LogP contribution < -0.4 is 5.59 Å². The predicted molar refractivity (Wildman–Crippen MR) is 48.8 cm³/mol. The molecule has 3 N–H and O–H groups in total. The van der Waals surface area contributed by atoms with E-state index in [1.807, 2.05) is 0 Å². The van der Waals surface area contributed by atoms with Gasteiger partial charge < -0.3 is 5.11 Å². The summed E-state index contributed by atoms with van der Waals surface area (Å²) in [5.74, 6) is -0.731. The molecule has 0 saturated heterocycles. The topological polar surface area (TPSA) is 81.9 Å². The maximum atomic E-state index is 10.1. The second kappa shape index (κ2) is 8.99. The molecule has 13 heavy (non-hydrogen) atoms. The predicted octanol–water partition coefficient (Wildman–Crippen LogP) is 1.38. The summed E-state index contributed by atoms with van der Waals surface area (Å²) in [4.78, 5) is 10.1. The van der Waals surface area contributed by atoms with Gasteiger partial charge in [0.1, 0.15) is 0 Å². The van der Waals surface area contributed by atoms with E-state index in [2.05, 4.69) is 5.10 Å². The van der Waals surface area contributed by atoms with Crippen molar-refractivity contribution in [2.75, 3.05) is 0 Å². The molecule has 76 valence electrons. The molecule has 0 heterocycles. The third kappa shape index (κ3) is 10.9. The molecule has 0 aliphatic carbocycles. The maximum Gasteiger partial charge on any atom is 0.303 e. The average molecular weight is 188 g/mol. The van der Waals surface area contributed by atoms with Crippen LogP contribution in [0.25, 0.3) is 0 Å². The van der Waals surface area contributed by atoms with Gasteiger partial charge in [-0.05, 0) is 19.3 Å². The molecule has 0 amide bonds. The molecule has 0 spiro atoms. The number of rotatable bonds is 8. The first-order valence-corrected chi connectivity index (χ1v) is 4.39. The lowest BCUT2D eigenvalue weighted by Crippen LogP contribution is -1.95. The Balaban J connectivity index is 2.99. The molecular formula is C8H16N2O3. The Morgan fingerprint density at radius 1 is 1.31 bits per heavy atom. The first-order valence-electron chi connectivity index (χ1n) is 4.39. The summed E-state index contributed by atoms with van der Waals surface area (Å²) in [6.45, 7) is 0. The van der Waals surface area contributed by atoms with Crippen LogP contribution >= 0.6 is 0 Å². The molecule has 0 aliphatic rings. The smallest absolute Gasteiger partial charge is 0.303 e. The molecule has 0 aliphatic heterocycles. The number of hydrogen-bond donors (Lipinski definition) is 3. The van der Waals surface area contributed by atoms with E-state index in [1.54, 1.807) is 11.8 Å². The first kappa shape index (κ1) is 11.9. The van der Waals surface area contributed by atoms with Crippen molar-refractivity contribution in [3.8, 4) is 0 Å². The molecule has 0 atom stereocenters. The van der Waals surface area contributed by atoms with E-state index in [0.29, 0.717) is 0 Å². The Hall–Kier alpha value is -1.10. The average Bonchev–Trinajstić information content (AvgIpc) is 2.09. The third-order valence-electron chi connectivity index (χ3n) is 1.62. The number of nitrogens with one attached hydrogen (secondary N) is 1. The van der Waals surface area contributed by atoms with Crippen molar-refractivity contribution in [1.82, 2.24) is 5.59 Å². The molecule has 0 unspecified atom stereocenters. The normalized spacial score (nSPS) is 10.5. The zero-order chi connectivity index (χ0) is 9.94. The zero-order valence-electron chi connectivity index (χ0n) is 7.57. The molecule has 0 saturated carbocycles. The van der Waals surface area contributed by atoms with Crippen LogP contribution in [0.3, 0.4) is 0 Å². The first-order chi connectivity index (χ1) is 6.27. The molecule has 0 aromatic rings. The van der Waals surface area contributed by atoms with Crippen molar-refractivity contribution in [3.05, 3.63) is 0 Å². The Morgan fingerprint density at radius 2 is 2.00 bits per heavy atom. The number of carboxylic acids is 1. The molecule has 5 nitrogen and oxygen atoms in total. The van der Waals surface area contributed by atoms with Gasteiger partial charge in [-0.1, -0.05) is 12.8 Å². The summed E-state index contributed by atoms with van der Waals surface area (Å²) in [6, 6.07) is 0. The van der Waals surface area contributed by atoms with E-state index in [9.17, 15) is 4.79 Å². The second-order valence-corrected chi connectivity index (χ2v) is 2.76. The number of nitrogens with zero attached hydrogens (tertiary/aromatic N) is 1. The number of hydrazone groups is 1. The zero-order valence-corrected chi connectivity index (χ0v) is 7.57. The van der Waals surface area contributed by atoms with Gasteiger partial charge in [0.25, 0.3) is 0 Å². The number of aliphatic carboxylic acids is 1. The van der Waals surface area contributed by atoms with Crippen LogP contribution in [0.4, 0.5) is 0 Å². The Bertz CT molecular complexity index is 159. The molecular weight excluding hydrogens is 172 g/mol. The molecule has 0 bridgehead atoms. The molecule has 0 aromatic heterocycles. The van der Waals surface area contributed by atoms with E-state index in [4.69, 9.17) is 10.3 Å². The summed E-state index contributed by atoms with van der Waals surface area (Å²) in [5.41, 5.74) is 1.68. The highest BCUT2D eigenvalue weighted by atomic mass is 16.5.